The molecule has 0 aromatic heterocycles. The van der Waals surface area contributed by atoms with Gasteiger partial charge in [0.1, 0.15) is 4.83 Å². The number of halogens is 1. The fourth-order valence-corrected chi connectivity index (χ4v) is 2.83. The van der Waals surface area contributed by atoms with E-state index in [1.54, 1.807) is 13.8 Å². The summed E-state index contributed by atoms with van der Waals surface area (Å²) < 4.78 is 22.2. The first-order chi connectivity index (χ1) is 5.25. The number of oxime groups is 1. The van der Waals surface area contributed by atoms with Crippen LogP contribution in [0.3, 0.4) is 0 Å². The van der Waals surface area contributed by atoms with Crippen LogP contribution in [0.1, 0.15) is 13.8 Å². The maximum atomic E-state index is 11.1. The summed E-state index contributed by atoms with van der Waals surface area (Å²) in [6.07, 6.45) is 1.12. The summed E-state index contributed by atoms with van der Waals surface area (Å²) in [5.74, 6) is 0. The molecule has 0 amide bonds. The number of alkyl halides is 1. The molecule has 0 aliphatic carbocycles. The van der Waals surface area contributed by atoms with Gasteiger partial charge in [-0.1, -0.05) is 21.1 Å². The molecule has 0 saturated carbocycles. The minimum absolute atomic E-state index is 0.0625. The molecule has 1 rings (SSSR count). The van der Waals surface area contributed by atoms with E-state index >= 15 is 0 Å². The molecular formula is C6H10BrNO3S. The van der Waals surface area contributed by atoms with Gasteiger partial charge in [0.25, 0.3) is 0 Å². The molecule has 1 aliphatic heterocycles. The van der Waals surface area contributed by atoms with Crippen LogP contribution < -0.4 is 0 Å². The zero-order valence-corrected chi connectivity index (χ0v) is 9.44. The number of hydrogen-bond donors (Lipinski definition) is 0. The smallest absolute Gasteiger partial charge is 0.193 e. The minimum Gasteiger partial charge on any atom is -0.387 e. The SMILES string of the molecule is CC1(C)ON=C(S(C)(=O)=O)C1Br. The number of nitrogens with zero attached hydrogens (tertiary/aromatic N) is 1. The molecule has 1 aliphatic rings. The lowest BCUT2D eigenvalue weighted by Crippen LogP contribution is -2.35. The molecule has 1 unspecified atom stereocenters. The Balaban J connectivity index is 3.02. The van der Waals surface area contributed by atoms with Gasteiger partial charge in [-0.2, -0.15) is 0 Å². The summed E-state index contributed by atoms with van der Waals surface area (Å²) in [6, 6.07) is 0. The van der Waals surface area contributed by atoms with Gasteiger partial charge in [0.05, 0.1) is 0 Å². The average molecular weight is 256 g/mol. The molecule has 0 bridgehead atoms. The quantitative estimate of drug-likeness (QED) is 0.605. The molecule has 70 valence electrons. The van der Waals surface area contributed by atoms with E-state index in [0.717, 1.165) is 6.26 Å². The summed E-state index contributed by atoms with van der Waals surface area (Å²) in [6.45, 7) is 3.54. The Bertz CT molecular complexity index is 320. The second kappa shape index (κ2) is 2.70. The Morgan fingerprint density at radius 2 is 2.08 bits per heavy atom. The zero-order chi connectivity index (χ0) is 9.57. The van der Waals surface area contributed by atoms with Gasteiger partial charge in [0.2, 0.25) is 0 Å². The van der Waals surface area contributed by atoms with E-state index in [9.17, 15) is 8.42 Å². The van der Waals surface area contributed by atoms with E-state index in [2.05, 4.69) is 21.1 Å². The van der Waals surface area contributed by atoms with Crippen LogP contribution in [0.2, 0.25) is 0 Å². The first kappa shape index (κ1) is 9.98. The first-order valence-corrected chi connectivity index (χ1v) is 6.16. The molecule has 0 radical (unpaired) electrons. The van der Waals surface area contributed by atoms with Gasteiger partial charge in [-0.3, -0.25) is 0 Å². The van der Waals surface area contributed by atoms with Crippen LogP contribution in [0, 0.1) is 0 Å². The molecule has 0 N–H and O–H groups in total. The lowest BCUT2D eigenvalue weighted by Gasteiger charge is -2.18. The van der Waals surface area contributed by atoms with Crippen molar-refractivity contribution in [3.63, 3.8) is 0 Å². The van der Waals surface area contributed by atoms with Crippen LogP contribution >= 0.6 is 15.9 Å². The van der Waals surface area contributed by atoms with Crippen LogP contribution in [-0.4, -0.2) is 30.1 Å². The van der Waals surface area contributed by atoms with E-state index in [1.165, 1.54) is 0 Å². The molecule has 6 heteroatoms. The van der Waals surface area contributed by atoms with Crippen LogP contribution in [0.25, 0.3) is 0 Å². The highest BCUT2D eigenvalue weighted by Crippen LogP contribution is 2.30. The second-order valence-electron chi connectivity index (χ2n) is 3.26. The highest BCUT2D eigenvalue weighted by Gasteiger charge is 2.43. The van der Waals surface area contributed by atoms with Crippen molar-refractivity contribution in [2.75, 3.05) is 6.26 Å². The topological polar surface area (TPSA) is 55.7 Å². The highest BCUT2D eigenvalue weighted by molar-refractivity contribution is 9.10. The Labute approximate surface area is 80.0 Å². The molecule has 4 nitrogen and oxygen atoms in total. The standard InChI is InChI=1S/C6H10BrNO3S/c1-6(2)4(7)5(8-11-6)12(3,9)10/h4H,1-3H3. The van der Waals surface area contributed by atoms with E-state index in [-0.39, 0.29) is 9.87 Å². The minimum atomic E-state index is -3.24. The van der Waals surface area contributed by atoms with Gasteiger partial charge < -0.3 is 4.84 Å². The monoisotopic (exact) mass is 255 g/mol. The van der Waals surface area contributed by atoms with E-state index in [0.29, 0.717) is 0 Å². The van der Waals surface area contributed by atoms with E-state index < -0.39 is 15.4 Å². The number of hydrogen-bond acceptors (Lipinski definition) is 4. The highest BCUT2D eigenvalue weighted by atomic mass is 79.9. The molecule has 0 spiro atoms. The Hall–Kier alpha value is -0.100. The molecule has 0 saturated heterocycles. The van der Waals surface area contributed by atoms with Crippen molar-refractivity contribution in [1.82, 2.24) is 0 Å². The molecule has 0 aromatic rings. The summed E-state index contributed by atoms with van der Waals surface area (Å²) in [4.78, 5) is 4.59. The van der Waals surface area contributed by atoms with Gasteiger partial charge in [-0.25, -0.2) is 8.42 Å². The predicted octanol–water partition coefficient (Wildman–Crippen LogP) is 0.917. The van der Waals surface area contributed by atoms with Crippen molar-refractivity contribution in [3.05, 3.63) is 0 Å². The number of sulfone groups is 1. The van der Waals surface area contributed by atoms with E-state index in [4.69, 9.17) is 4.84 Å². The summed E-state index contributed by atoms with van der Waals surface area (Å²) >= 11 is 3.23. The fourth-order valence-electron chi connectivity index (χ4n) is 0.808. The first-order valence-electron chi connectivity index (χ1n) is 3.35. The van der Waals surface area contributed by atoms with Crippen molar-refractivity contribution < 1.29 is 13.3 Å². The van der Waals surface area contributed by atoms with Crippen LogP contribution in [-0.2, 0) is 14.7 Å². The summed E-state index contributed by atoms with van der Waals surface area (Å²) in [5.41, 5.74) is -0.585. The van der Waals surface area contributed by atoms with Gasteiger partial charge in [0.15, 0.2) is 20.5 Å². The van der Waals surface area contributed by atoms with Crippen LogP contribution in [0.4, 0.5) is 0 Å². The lowest BCUT2D eigenvalue weighted by atomic mass is 10.1. The predicted molar refractivity (Wildman–Crippen MR) is 50.2 cm³/mol. The number of rotatable bonds is 0. The van der Waals surface area contributed by atoms with Gasteiger partial charge in [-0.15, -0.1) is 0 Å². The largest absolute Gasteiger partial charge is 0.387 e. The third-order valence-corrected chi connectivity index (χ3v) is 4.49. The van der Waals surface area contributed by atoms with Crippen molar-refractivity contribution in [2.24, 2.45) is 5.16 Å². The molecule has 0 aromatic carbocycles. The molecule has 0 fully saturated rings. The van der Waals surface area contributed by atoms with Crippen molar-refractivity contribution in [3.8, 4) is 0 Å². The Kier molecular flexibility index (Phi) is 2.24. The van der Waals surface area contributed by atoms with Crippen LogP contribution in [0.5, 0.6) is 0 Å². The Morgan fingerprint density at radius 1 is 1.58 bits per heavy atom. The molecule has 1 atom stereocenters. The van der Waals surface area contributed by atoms with Crippen LogP contribution in [0.15, 0.2) is 5.16 Å². The Morgan fingerprint density at radius 3 is 2.25 bits per heavy atom. The molecule has 12 heavy (non-hydrogen) atoms. The molecule has 1 heterocycles. The second-order valence-corrected chi connectivity index (χ2v) is 6.14. The summed E-state index contributed by atoms with van der Waals surface area (Å²) in [7, 11) is -3.24. The van der Waals surface area contributed by atoms with Gasteiger partial charge in [0, 0.05) is 6.26 Å². The fraction of sp³-hybridized carbons (Fsp3) is 0.833. The summed E-state index contributed by atoms with van der Waals surface area (Å²) in [5, 5.41) is 3.59. The average Bonchev–Trinajstić information content (AvgIpc) is 2.06. The zero-order valence-electron chi connectivity index (χ0n) is 7.04. The van der Waals surface area contributed by atoms with Gasteiger partial charge in [-0.05, 0) is 13.8 Å². The lowest BCUT2D eigenvalue weighted by molar-refractivity contribution is 0.0164. The van der Waals surface area contributed by atoms with Crippen molar-refractivity contribution in [2.45, 2.75) is 24.3 Å². The van der Waals surface area contributed by atoms with Crippen molar-refractivity contribution >= 4 is 30.8 Å². The maximum Gasteiger partial charge on any atom is 0.193 e. The maximum absolute atomic E-state index is 11.1. The molecular weight excluding hydrogens is 246 g/mol. The van der Waals surface area contributed by atoms with E-state index in [1.807, 2.05) is 0 Å². The van der Waals surface area contributed by atoms with Gasteiger partial charge >= 0.3 is 0 Å². The normalized spacial score (nSPS) is 28.0. The third-order valence-electron chi connectivity index (χ3n) is 1.58. The third kappa shape index (κ3) is 1.64. The van der Waals surface area contributed by atoms with Crippen molar-refractivity contribution in [1.29, 1.82) is 0 Å².